The third-order valence-corrected chi connectivity index (χ3v) is 2.05. The Morgan fingerprint density at radius 3 is 3.07 bits per heavy atom. The Kier molecular flexibility index (Phi) is 2.35. The van der Waals surface area contributed by atoms with Gasteiger partial charge in [0.15, 0.2) is 5.65 Å². The first kappa shape index (κ1) is 8.99. The number of hydrogen-bond donors (Lipinski definition) is 1. The number of fused-ring (bicyclic) bond motifs is 1. The average molecular weight is 190 g/mol. The number of nitrogens with zero attached hydrogens (tertiary/aromatic N) is 3. The van der Waals surface area contributed by atoms with Crippen molar-refractivity contribution in [3.8, 4) is 0 Å². The maximum Gasteiger partial charge on any atom is 0.155 e. The predicted octanol–water partition coefficient (Wildman–Crippen LogP) is 1.86. The van der Waals surface area contributed by atoms with E-state index in [0.717, 1.165) is 30.1 Å². The maximum absolute atomic E-state index is 4.38. The molecule has 0 amide bonds. The number of aromatic nitrogens is 3. The molecule has 74 valence electrons. The van der Waals surface area contributed by atoms with Crippen molar-refractivity contribution in [1.82, 2.24) is 14.6 Å². The monoisotopic (exact) mass is 190 g/mol. The summed E-state index contributed by atoms with van der Waals surface area (Å²) < 4.78 is 1.84. The average Bonchev–Trinajstić information content (AvgIpc) is 2.57. The van der Waals surface area contributed by atoms with E-state index in [1.807, 2.05) is 29.8 Å². The second-order valence-electron chi connectivity index (χ2n) is 3.31. The van der Waals surface area contributed by atoms with Crippen LogP contribution in [0.5, 0.6) is 0 Å². The lowest BCUT2D eigenvalue weighted by atomic mass is 10.4. The fourth-order valence-corrected chi connectivity index (χ4v) is 1.34. The van der Waals surface area contributed by atoms with E-state index in [9.17, 15) is 0 Å². The summed E-state index contributed by atoms with van der Waals surface area (Å²) >= 11 is 0. The van der Waals surface area contributed by atoms with Crippen molar-refractivity contribution >= 4 is 11.5 Å². The minimum absolute atomic E-state index is 0.884. The van der Waals surface area contributed by atoms with Crippen LogP contribution < -0.4 is 5.32 Å². The zero-order chi connectivity index (χ0) is 9.97. The van der Waals surface area contributed by atoms with Crippen molar-refractivity contribution < 1.29 is 0 Å². The van der Waals surface area contributed by atoms with Crippen molar-refractivity contribution in [2.24, 2.45) is 0 Å². The normalized spacial score (nSPS) is 10.7. The third-order valence-electron chi connectivity index (χ3n) is 2.05. The highest BCUT2D eigenvalue weighted by molar-refractivity contribution is 5.48. The Balaban J connectivity index is 2.40. The zero-order valence-electron chi connectivity index (χ0n) is 8.49. The van der Waals surface area contributed by atoms with Crippen molar-refractivity contribution in [1.29, 1.82) is 0 Å². The van der Waals surface area contributed by atoms with Crippen molar-refractivity contribution in [3.63, 3.8) is 0 Å². The van der Waals surface area contributed by atoms with E-state index in [2.05, 4.69) is 22.3 Å². The predicted molar refractivity (Wildman–Crippen MR) is 56.5 cm³/mol. The summed E-state index contributed by atoms with van der Waals surface area (Å²) in [6, 6.07) is 3.94. The maximum atomic E-state index is 4.38. The minimum atomic E-state index is 0.884. The van der Waals surface area contributed by atoms with Gasteiger partial charge in [-0.15, -0.1) is 0 Å². The highest BCUT2D eigenvalue weighted by Crippen LogP contribution is 2.09. The lowest BCUT2D eigenvalue weighted by molar-refractivity contribution is 0.883. The number of imidazole rings is 1. The number of anilines is 1. The van der Waals surface area contributed by atoms with Crippen LogP contribution in [0.1, 0.15) is 19.0 Å². The summed E-state index contributed by atoms with van der Waals surface area (Å²) in [5.74, 6) is 0.963. The Morgan fingerprint density at radius 2 is 2.29 bits per heavy atom. The SMILES string of the molecule is CCCNc1cnc2ccc(C)nn12. The van der Waals surface area contributed by atoms with Gasteiger partial charge in [0.2, 0.25) is 0 Å². The fourth-order valence-electron chi connectivity index (χ4n) is 1.34. The summed E-state index contributed by atoms with van der Waals surface area (Å²) in [7, 11) is 0. The Morgan fingerprint density at radius 1 is 1.43 bits per heavy atom. The van der Waals surface area contributed by atoms with E-state index in [0.29, 0.717) is 0 Å². The zero-order valence-corrected chi connectivity index (χ0v) is 8.49. The Labute approximate surface area is 83.0 Å². The van der Waals surface area contributed by atoms with Crippen molar-refractivity contribution in [2.75, 3.05) is 11.9 Å². The van der Waals surface area contributed by atoms with Gasteiger partial charge in [0.25, 0.3) is 0 Å². The van der Waals surface area contributed by atoms with Gasteiger partial charge in [-0.3, -0.25) is 0 Å². The summed E-state index contributed by atoms with van der Waals surface area (Å²) in [5.41, 5.74) is 1.88. The van der Waals surface area contributed by atoms with E-state index in [1.54, 1.807) is 0 Å². The molecule has 0 fully saturated rings. The molecular weight excluding hydrogens is 176 g/mol. The van der Waals surface area contributed by atoms with Gasteiger partial charge >= 0.3 is 0 Å². The van der Waals surface area contributed by atoms with Crippen LogP contribution in [0.4, 0.5) is 5.82 Å². The van der Waals surface area contributed by atoms with Gasteiger partial charge in [-0.05, 0) is 25.5 Å². The fraction of sp³-hybridized carbons (Fsp3) is 0.400. The van der Waals surface area contributed by atoms with Crippen molar-refractivity contribution in [3.05, 3.63) is 24.0 Å². The molecule has 2 heterocycles. The van der Waals surface area contributed by atoms with Crippen LogP contribution in [-0.4, -0.2) is 21.1 Å². The van der Waals surface area contributed by atoms with Gasteiger partial charge < -0.3 is 5.32 Å². The quantitative estimate of drug-likeness (QED) is 0.803. The summed E-state index contributed by atoms with van der Waals surface area (Å²) in [4.78, 5) is 4.25. The Hall–Kier alpha value is -1.58. The standard InChI is InChI=1S/C10H14N4/c1-3-6-11-10-7-12-9-5-4-8(2)13-14(9)10/h4-5,7,11H,3,6H2,1-2H3. The molecule has 0 aromatic carbocycles. The Bertz CT molecular complexity index is 433. The van der Waals surface area contributed by atoms with Crippen LogP contribution >= 0.6 is 0 Å². The smallest absolute Gasteiger partial charge is 0.155 e. The van der Waals surface area contributed by atoms with Crippen LogP contribution in [0.2, 0.25) is 0 Å². The van der Waals surface area contributed by atoms with Gasteiger partial charge in [-0.25, -0.2) is 4.98 Å². The number of hydrogen-bond acceptors (Lipinski definition) is 3. The van der Waals surface area contributed by atoms with E-state index in [-0.39, 0.29) is 0 Å². The first-order valence-corrected chi connectivity index (χ1v) is 4.86. The summed E-state index contributed by atoms with van der Waals surface area (Å²) in [6.45, 7) is 5.06. The second kappa shape index (κ2) is 3.65. The molecule has 2 aromatic heterocycles. The van der Waals surface area contributed by atoms with E-state index < -0.39 is 0 Å². The van der Waals surface area contributed by atoms with Gasteiger partial charge in [0.1, 0.15) is 5.82 Å². The van der Waals surface area contributed by atoms with Crippen molar-refractivity contribution in [2.45, 2.75) is 20.3 Å². The number of aryl methyl sites for hydroxylation is 1. The lowest BCUT2D eigenvalue weighted by Crippen LogP contribution is -2.04. The molecule has 4 heteroatoms. The van der Waals surface area contributed by atoms with Gasteiger partial charge in [-0.2, -0.15) is 9.61 Å². The summed E-state index contributed by atoms with van der Waals surface area (Å²) in [5, 5.41) is 7.66. The molecule has 0 radical (unpaired) electrons. The van der Waals surface area contributed by atoms with E-state index >= 15 is 0 Å². The molecule has 0 atom stereocenters. The number of rotatable bonds is 3. The first-order chi connectivity index (χ1) is 6.81. The highest BCUT2D eigenvalue weighted by Gasteiger charge is 2.02. The molecule has 1 N–H and O–H groups in total. The molecule has 0 unspecified atom stereocenters. The molecule has 14 heavy (non-hydrogen) atoms. The molecule has 0 spiro atoms. The molecular formula is C10H14N4. The second-order valence-corrected chi connectivity index (χ2v) is 3.31. The molecule has 2 aromatic rings. The largest absolute Gasteiger partial charge is 0.369 e. The highest BCUT2D eigenvalue weighted by atomic mass is 15.3. The third kappa shape index (κ3) is 1.55. The topological polar surface area (TPSA) is 42.2 Å². The van der Waals surface area contributed by atoms with Gasteiger partial charge in [0, 0.05) is 6.54 Å². The van der Waals surface area contributed by atoms with Crippen LogP contribution in [-0.2, 0) is 0 Å². The van der Waals surface area contributed by atoms with Gasteiger partial charge in [-0.1, -0.05) is 6.92 Å². The molecule has 0 bridgehead atoms. The molecule has 0 aliphatic heterocycles. The summed E-state index contributed by atoms with van der Waals surface area (Å²) in [6.07, 6.45) is 2.91. The van der Waals surface area contributed by atoms with Crippen LogP contribution in [0.15, 0.2) is 18.3 Å². The molecule has 2 rings (SSSR count). The minimum Gasteiger partial charge on any atom is -0.369 e. The first-order valence-electron chi connectivity index (χ1n) is 4.86. The molecule has 4 nitrogen and oxygen atoms in total. The van der Waals surface area contributed by atoms with E-state index in [4.69, 9.17) is 0 Å². The number of nitrogens with one attached hydrogen (secondary N) is 1. The lowest BCUT2D eigenvalue weighted by Gasteiger charge is -2.03. The van der Waals surface area contributed by atoms with Gasteiger partial charge in [0.05, 0.1) is 11.9 Å². The van der Waals surface area contributed by atoms with Crippen LogP contribution in [0.25, 0.3) is 5.65 Å². The molecule has 0 aliphatic rings. The molecule has 0 saturated carbocycles. The van der Waals surface area contributed by atoms with E-state index in [1.165, 1.54) is 0 Å². The van der Waals surface area contributed by atoms with Crippen LogP contribution in [0.3, 0.4) is 0 Å². The van der Waals surface area contributed by atoms with Crippen LogP contribution in [0, 0.1) is 6.92 Å². The molecule has 0 saturated heterocycles. The molecule has 0 aliphatic carbocycles.